The van der Waals surface area contributed by atoms with Gasteiger partial charge in [-0.1, -0.05) is 0 Å². The quantitative estimate of drug-likeness (QED) is 0.582. The lowest BCUT2D eigenvalue weighted by Crippen LogP contribution is -2.43. The molecule has 1 spiro atoms. The van der Waals surface area contributed by atoms with E-state index < -0.39 is 0 Å². The van der Waals surface area contributed by atoms with Crippen molar-refractivity contribution < 1.29 is 0 Å². The molecule has 2 heterocycles. The van der Waals surface area contributed by atoms with E-state index in [4.69, 9.17) is 0 Å². The number of hydrogen-bond donors (Lipinski definition) is 2. The average Bonchev–Trinajstić information content (AvgIpc) is 2.33. The Balaban J connectivity index is 1.95. The van der Waals surface area contributed by atoms with Gasteiger partial charge in [0.1, 0.15) is 0 Å². The summed E-state index contributed by atoms with van der Waals surface area (Å²) in [5.74, 6) is 2.68. The Bertz CT molecular complexity index is 133. The second-order valence-electron chi connectivity index (χ2n) is 3.98. The maximum absolute atomic E-state index is 3.56. The molecule has 2 aliphatic rings. The summed E-state index contributed by atoms with van der Waals surface area (Å²) in [6.07, 6.45) is 2.74. The van der Waals surface area contributed by atoms with Crippen LogP contribution in [0, 0.1) is 5.41 Å². The van der Waals surface area contributed by atoms with Crippen molar-refractivity contribution in [2.75, 3.05) is 37.7 Å². The third kappa shape index (κ3) is 1.95. The SMILES string of the molecule is C1CC2(CCN1)CNCCSC2. The largest absolute Gasteiger partial charge is 0.317 e. The van der Waals surface area contributed by atoms with Crippen LogP contribution in [0.4, 0.5) is 0 Å². The van der Waals surface area contributed by atoms with E-state index in [1.165, 1.54) is 50.5 Å². The molecule has 0 aromatic carbocycles. The first-order valence-corrected chi connectivity index (χ1v) is 6.06. The van der Waals surface area contributed by atoms with Gasteiger partial charge in [0.15, 0.2) is 0 Å². The maximum Gasteiger partial charge on any atom is 0.00583 e. The van der Waals surface area contributed by atoms with E-state index in [1.807, 2.05) is 0 Å². The van der Waals surface area contributed by atoms with Crippen LogP contribution in [0.1, 0.15) is 12.8 Å². The molecule has 0 amide bonds. The second kappa shape index (κ2) is 3.99. The Morgan fingerprint density at radius 1 is 1.00 bits per heavy atom. The zero-order valence-electron chi connectivity index (χ0n) is 7.57. The first kappa shape index (κ1) is 8.85. The molecule has 2 rings (SSSR count). The molecular weight excluding hydrogens is 168 g/mol. The highest BCUT2D eigenvalue weighted by Crippen LogP contribution is 2.33. The van der Waals surface area contributed by atoms with Crippen molar-refractivity contribution in [2.45, 2.75) is 12.8 Å². The molecule has 0 radical (unpaired) electrons. The maximum atomic E-state index is 3.56. The minimum atomic E-state index is 0.631. The predicted molar refractivity (Wildman–Crippen MR) is 54.7 cm³/mol. The number of hydrogen-bond acceptors (Lipinski definition) is 3. The normalized spacial score (nSPS) is 30.0. The predicted octanol–water partition coefficient (Wildman–Crippen LogP) is 0.693. The lowest BCUT2D eigenvalue weighted by Gasteiger charge is -2.36. The number of thioether (sulfide) groups is 1. The van der Waals surface area contributed by atoms with Crippen LogP contribution in [-0.4, -0.2) is 37.7 Å². The van der Waals surface area contributed by atoms with Crippen LogP contribution in [0.25, 0.3) is 0 Å². The highest BCUT2D eigenvalue weighted by molar-refractivity contribution is 7.99. The molecule has 0 saturated carbocycles. The molecule has 3 heteroatoms. The van der Waals surface area contributed by atoms with Gasteiger partial charge in [-0.15, -0.1) is 0 Å². The fraction of sp³-hybridized carbons (Fsp3) is 1.00. The molecule has 2 nitrogen and oxygen atoms in total. The zero-order chi connectivity index (χ0) is 8.28. The van der Waals surface area contributed by atoms with Gasteiger partial charge in [-0.05, 0) is 31.3 Å². The Morgan fingerprint density at radius 3 is 2.67 bits per heavy atom. The number of piperidine rings is 1. The molecule has 70 valence electrons. The summed E-state index contributed by atoms with van der Waals surface area (Å²) in [6, 6.07) is 0. The Kier molecular flexibility index (Phi) is 2.94. The monoisotopic (exact) mass is 186 g/mol. The van der Waals surface area contributed by atoms with Crippen LogP contribution >= 0.6 is 11.8 Å². The summed E-state index contributed by atoms with van der Waals surface area (Å²) in [5.41, 5.74) is 0.631. The molecule has 0 atom stereocenters. The third-order valence-electron chi connectivity index (χ3n) is 3.00. The fourth-order valence-electron chi connectivity index (χ4n) is 2.12. The zero-order valence-corrected chi connectivity index (χ0v) is 8.38. The van der Waals surface area contributed by atoms with E-state index in [1.54, 1.807) is 0 Å². The minimum absolute atomic E-state index is 0.631. The van der Waals surface area contributed by atoms with Crippen LogP contribution < -0.4 is 10.6 Å². The Labute approximate surface area is 78.9 Å². The molecule has 12 heavy (non-hydrogen) atoms. The standard InChI is InChI=1S/C9H18N2S/c1-3-10-4-2-9(1)7-11-5-6-12-8-9/h10-11H,1-8H2. The van der Waals surface area contributed by atoms with Crippen molar-refractivity contribution in [1.82, 2.24) is 10.6 Å². The molecule has 0 unspecified atom stereocenters. The molecule has 0 bridgehead atoms. The van der Waals surface area contributed by atoms with Crippen LogP contribution in [0.5, 0.6) is 0 Å². The summed E-state index contributed by atoms with van der Waals surface area (Å²) in [6.45, 7) is 4.91. The van der Waals surface area contributed by atoms with Gasteiger partial charge in [0.05, 0.1) is 0 Å². The summed E-state index contributed by atoms with van der Waals surface area (Å²) in [5, 5.41) is 7.00. The van der Waals surface area contributed by atoms with Crippen molar-refractivity contribution in [3.63, 3.8) is 0 Å². The first-order valence-electron chi connectivity index (χ1n) is 4.91. The van der Waals surface area contributed by atoms with Gasteiger partial charge in [-0.25, -0.2) is 0 Å². The van der Waals surface area contributed by atoms with Crippen molar-refractivity contribution in [3.05, 3.63) is 0 Å². The Morgan fingerprint density at radius 2 is 1.83 bits per heavy atom. The van der Waals surface area contributed by atoms with Crippen molar-refractivity contribution in [3.8, 4) is 0 Å². The number of rotatable bonds is 0. The van der Waals surface area contributed by atoms with Crippen LogP contribution in [-0.2, 0) is 0 Å². The summed E-state index contributed by atoms with van der Waals surface area (Å²) in [4.78, 5) is 0. The van der Waals surface area contributed by atoms with E-state index in [9.17, 15) is 0 Å². The van der Waals surface area contributed by atoms with E-state index in [0.717, 1.165) is 0 Å². The second-order valence-corrected chi connectivity index (χ2v) is 5.08. The van der Waals surface area contributed by atoms with Gasteiger partial charge in [0.2, 0.25) is 0 Å². The van der Waals surface area contributed by atoms with Crippen molar-refractivity contribution in [2.24, 2.45) is 5.41 Å². The number of nitrogens with one attached hydrogen (secondary N) is 2. The van der Waals surface area contributed by atoms with Crippen LogP contribution in [0.2, 0.25) is 0 Å². The summed E-state index contributed by atoms with van der Waals surface area (Å²) < 4.78 is 0. The van der Waals surface area contributed by atoms with Gasteiger partial charge < -0.3 is 10.6 Å². The first-order chi connectivity index (χ1) is 5.91. The van der Waals surface area contributed by atoms with Gasteiger partial charge >= 0.3 is 0 Å². The molecular formula is C9H18N2S. The topological polar surface area (TPSA) is 24.1 Å². The minimum Gasteiger partial charge on any atom is -0.317 e. The average molecular weight is 186 g/mol. The summed E-state index contributed by atoms with van der Waals surface area (Å²) in [7, 11) is 0. The third-order valence-corrected chi connectivity index (χ3v) is 4.30. The van der Waals surface area contributed by atoms with Crippen LogP contribution in [0.15, 0.2) is 0 Å². The summed E-state index contributed by atoms with van der Waals surface area (Å²) >= 11 is 2.13. The van der Waals surface area contributed by atoms with E-state index in [-0.39, 0.29) is 0 Å². The van der Waals surface area contributed by atoms with Crippen LogP contribution in [0.3, 0.4) is 0 Å². The molecule has 0 aromatic heterocycles. The molecule has 2 aliphatic heterocycles. The van der Waals surface area contributed by atoms with E-state index in [0.29, 0.717) is 5.41 Å². The van der Waals surface area contributed by atoms with Gasteiger partial charge in [0, 0.05) is 24.6 Å². The van der Waals surface area contributed by atoms with E-state index >= 15 is 0 Å². The molecule has 0 aromatic rings. The van der Waals surface area contributed by atoms with Gasteiger partial charge in [-0.3, -0.25) is 0 Å². The molecule has 2 saturated heterocycles. The van der Waals surface area contributed by atoms with E-state index in [2.05, 4.69) is 22.4 Å². The lowest BCUT2D eigenvalue weighted by molar-refractivity contribution is 0.232. The van der Waals surface area contributed by atoms with Gasteiger partial charge in [0.25, 0.3) is 0 Å². The lowest BCUT2D eigenvalue weighted by atomic mass is 9.81. The molecule has 2 fully saturated rings. The molecule has 2 N–H and O–H groups in total. The van der Waals surface area contributed by atoms with Gasteiger partial charge in [-0.2, -0.15) is 11.8 Å². The highest BCUT2D eigenvalue weighted by atomic mass is 32.2. The van der Waals surface area contributed by atoms with Crippen molar-refractivity contribution >= 4 is 11.8 Å². The Hall–Kier alpha value is 0.270. The fourth-order valence-corrected chi connectivity index (χ4v) is 3.37. The molecule has 0 aliphatic carbocycles. The van der Waals surface area contributed by atoms with Crippen molar-refractivity contribution in [1.29, 1.82) is 0 Å². The highest BCUT2D eigenvalue weighted by Gasteiger charge is 2.32. The smallest absolute Gasteiger partial charge is 0.00583 e.